The van der Waals surface area contributed by atoms with E-state index < -0.39 is 0 Å². The number of rotatable bonds is 1. The Morgan fingerprint density at radius 3 is 2.22 bits per heavy atom. The minimum absolute atomic E-state index is 0.382. The summed E-state index contributed by atoms with van der Waals surface area (Å²) in [7, 11) is 0. The van der Waals surface area contributed by atoms with Crippen molar-refractivity contribution in [2.45, 2.75) is 27.2 Å². The molecule has 0 saturated heterocycles. The topological polar surface area (TPSA) is 0 Å². The Morgan fingerprint density at radius 2 is 2.11 bits per heavy atom. The summed E-state index contributed by atoms with van der Waals surface area (Å²) in [6.45, 7) is 6.20. The second kappa shape index (κ2) is 1.83. The second-order valence-corrected chi connectivity index (χ2v) is 3.60. The van der Waals surface area contributed by atoms with Gasteiger partial charge in [-0.15, -0.1) is 0 Å². The standard InChI is InChI=1S/C8H13F/c1-6(5-9)7-4-8(7,2)3/h5,7H,4H2,1-3H3/b6-5+. The molecule has 0 aromatic rings. The van der Waals surface area contributed by atoms with E-state index in [0.717, 1.165) is 18.3 Å². The third-order valence-electron chi connectivity index (χ3n) is 2.24. The fourth-order valence-electron chi connectivity index (χ4n) is 1.32. The highest BCUT2D eigenvalue weighted by atomic mass is 19.1. The fourth-order valence-corrected chi connectivity index (χ4v) is 1.32. The first-order chi connectivity index (χ1) is 4.08. The number of hydrogen-bond donors (Lipinski definition) is 0. The van der Waals surface area contributed by atoms with Crippen molar-refractivity contribution in [3.05, 3.63) is 11.9 Å². The van der Waals surface area contributed by atoms with Gasteiger partial charge in [-0.05, 0) is 30.3 Å². The van der Waals surface area contributed by atoms with E-state index in [1.165, 1.54) is 0 Å². The third-order valence-corrected chi connectivity index (χ3v) is 2.24. The van der Waals surface area contributed by atoms with Crippen molar-refractivity contribution in [2.75, 3.05) is 0 Å². The maximum atomic E-state index is 11.9. The first-order valence-electron chi connectivity index (χ1n) is 3.35. The molecule has 0 N–H and O–H groups in total. The van der Waals surface area contributed by atoms with E-state index in [0.29, 0.717) is 11.3 Å². The molecule has 1 atom stereocenters. The van der Waals surface area contributed by atoms with Crippen LogP contribution in [0.2, 0.25) is 0 Å². The number of allylic oxidation sites excluding steroid dienone is 1. The molecule has 1 aliphatic rings. The normalized spacial score (nSPS) is 32.4. The van der Waals surface area contributed by atoms with Gasteiger partial charge < -0.3 is 0 Å². The van der Waals surface area contributed by atoms with Gasteiger partial charge in [0.05, 0.1) is 6.33 Å². The van der Waals surface area contributed by atoms with E-state index in [4.69, 9.17) is 0 Å². The Kier molecular flexibility index (Phi) is 1.38. The average Bonchev–Trinajstić information content (AvgIpc) is 2.38. The van der Waals surface area contributed by atoms with Gasteiger partial charge in [-0.2, -0.15) is 0 Å². The molecule has 0 bridgehead atoms. The summed E-state index contributed by atoms with van der Waals surface area (Å²) in [5, 5.41) is 0. The zero-order chi connectivity index (χ0) is 7.07. The van der Waals surface area contributed by atoms with Gasteiger partial charge in [-0.3, -0.25) is 0 Å². The minimum atomic E-state index is 0.382. The Balaban J connectivity index is 2.52. The van der Waals surface area contributed by atoms with Crippen LogP contribution < -0.4 is 0 Å². The van der Waals surface area contributed by atoms with Crippen LogP contribution in [0.1, 0.15) is 27.2 Å². The molecule has 0 amide bonds. The smallest absolute Gasteiger partial charge is 0.0859 e. The molecular weight excluding hydrogens is 115 g/mol. The van der Waals surface area contributed by atoms with Crippen molar-refractivity contribution < 1.29 is 4.39 Å². The summed E-state index contributed by atoms with van der Waals surface area (Å²) < 4.78 is 11.9. The molecule has 1 unspecified atom stereocenters. The van der Waals surface area contributed by atoms with Crippen LogP contribution in [0.4, 0.5) is 4.39 Å². The molecule has 1 fully saturated rings. The summed E-state index contributed by atoms with van der Waals surface area (Å²) in [5.41, 5.74) is 1.28. The third kappa shape index (κ3) is 1.15. The lowest BCUT2D eigenvalue weighted by molar-refractivity contribution is 0.586. The lowest BCUT2D eigenvalue weighted by Crippen LogP contribution is -1.90. The lowest BCUT2D eigenvalue weighted by atomic mass is 10.1. The predicted octanol–water partition coefficient (Wildman–Crippen LogP) is 2.91. The summed E-state index contributed by atoms with van der Waals surface area (Å²) in [4.78, 5) is 0. The van der Waals surface area contributed by atoms with Crippen molar-refractivity contribution in [1.82, 2.24) is 0 Å². The first kappa shape index (κ1) is 6.79. The van der Waals surface area contributed by atoms with Gasteiger partial charge in [0, 0.05) is 0 Å². The molecule has 1 saturated carbocycles. The van der Waals surface area contributed by atoms with Gasteiger partial charge in [-0.25, -0.2) is 4.39 Å². The maximum Gasteiger partial charge on any atom is 0.0859 e. The highest BCUT2D eigenvalue weighted by Gasteiger charge is 2.46. The summed E-state index contributed by atoms with van der Waals surface area (Å²) in [6.07, 6.45) is 1.89. The quantitative estimate of drug-likeness (QED) is 0.509. The molecule has 0 aromatic heterocycles. The number of hydrogen-bond acceptors (Lipinski definition) is 0. The van der Waals surface area contributed by atoms with Crippen LogP contribution in [0.15, 0.2) is 11.9 Å². The van der Waals surface area contributed by atoms with Crippen molar-refractivity contribution >= 4 is 0 Å². The average molecular weight is 128 g/mol. The molecule has 1 heteroatoms. The molecule has 9 heavy (non-hydrogen) atoms. The van der Waals surface area contributed by atoms with Gasteiger partial charge in [0.25, 0.3) is 0 Å². The molecular formula is C8H13F. The molecule has 0 nitrogen and oxygen atoms in total. The molecule has 0 radical (unpaired) electrons. The van der Waals surface area contributed by atoms with Crippen molar-refractivity contribution in [1.29, 1.82) is 0 Å². The summed E-state index contributed by atoms with van der Waals surface area (Å²) in [5.74, 6) is 0.516. The van der Waals surface area contributed by atoms with Gasteiger partial charge >= 0.3 is 0 Å². The van der Waals surface area contributed by atoms with Gasteiger partial charge in [-0.1, -0.05) is 13.8 Å². The van der Waals surface area contributed by atoms with E-state index in [-0.39, 0.29) is 0 Å². The SMILES string of the molecule is C/C(=C\F)C1CC1(C)C. The summed E-state index contributed by atoms with van der Waals surface area (Å²) >= 11 is 0. The zero-order valence-corrected chi connectivity index (χ0v) is 6.24. The van der Waals surface area contributed by atoms with Crippen molar-refractivity contribution in [3.8, 4) is 0 Å². The largest absolute Gasteiger partial charge is 0.216 e. The molecule has 52 valence electrons. The molecule has 1 aliphatic carbocycles. The van der Waals surface area contributed by atoms with E-state index in [2.05, 4.69) is 13.8 Å². The molecule has 1 rings (SSSR count). The van der Waals surface area contributed by atoms with Gasteiger partial charge in [0.2, 0.25) is 0 Å². The van der Waals surface area contributed by atoms with Crippen LogP contribution in [0, 0.1) is 11.3 Å². The van der Waals surface area contributed by atoms with E-state index >= 15 is 0 Å². The molecule has 0 spiro atoms. The van der Waals surface area contributed by atoms with Crippen molar-refractivity contribution in [2.24, 2.45) is 11.3 Å². The lowest BCUT2D eigenvalue weighted by Gasteiger charge is -1.99. The molecule has 0 aliphatic heterocycles. The Hall–Kier alpha value is -0.330. The van der Waals surface area contributed by atoms with Crippen LogP contribution in [0.25, 0.3) is 0 Å². The second-order valence-electron chi connectivity index (χ2n) is 3.60. The van der Waals surface area contributed by atoms with Crippen LogP contribution in [0.5, 0.6) is 0 Å². The number of halogens is 1. The van der Waals surface area contributed by atoms with Crippen molar-refractivity contribution in [3.63, 3.8) is 0 Å². The van der Waals surface area contributed by atoms with Gasteiger partial charge in [0.1, 0.15) is 0 Å². The predicted molar refractivity (Wildman–Crippen MR) is 36.8 cm³/mol. The van der Waals surface area contributed by atoms with Crippen LogP contribution >= 0.6 is 0 Å². The van der Waals surface area contributed by atoms with E-state index in [1.54, 1.807) is 0 Å². The summed E-state index contributed by atoms with van der Waals surface area (Å²) in [6, 6.07) is 0. The highest BCUT2D eigenvalue weighted by Crippen LogP contribution is 2.55. The van der Waals surface area contributed by atoms with Crippen LogP contribution in [-0.4, -0.2) is 0 Å². The maximum absolute atomic E-state index is 11.9. The van der Waals surface area contributed by atoms with Gasteiger partial charge in [0.15, 0.2) is 0 Å². The fraction of sp³-hybridized carbons (Fsp3) is 0.750. The molecule has 0 heterocycles. The monoisotopic (exact) mass is 128 g/mol. The Morgan fingerprint density at radius 1 is 1.67 bits per heavy atom. The zero-order valence-electron chi connectivity index (χ0n) is 6.24. The molecule has 0 aromatic carbocycles. The Labute approximate surface area is 55.8 Å². The minimum Gasteiger partial charge on any atom is -0.216 e. The Bertz CT molecular complexity index is 145. The van der Waals surface area contributed by atoms with E-state index in [1.807, 2.05) is 6.92 Å². The van der Waals surface area contributed by atoms with Crippen LogP contribution in [0.3, 0.4) is 0 Å². The first-order valence-corrected chi connectivity index (χ1v) is 3.35. The highest BCUT2D eigenvalue weighted by molar-refractivity contribution is 5.15. The van der Waals surface area contributed by atoms with Crippen LogP contribution in [-0.2, 0) is 0 Å². The van der Waals surface area contributed by atoms with E-state index in [9.17, 15) is 4.39 Å².